The molecule has 0 aliphatic rings. The predicted molar refractivity (Wildman–Crippen MR) is 82.4 cm³/mol. The van der Waals surface area contributed by atoms with Gasteiger partial charge < -0.3 is 9.88 Å². The van der Waals surface area contributed by atoms with Gasteiger partial charge in [-0.2, -0.15) is 0 Å². The van der Waals surface area contributed by atoms with Crippen LogP contribution < -0.4 is 5.32 Å². The van der Waals surface area contributed by atoms with Crippen molar-refractivity contribution in [3.8, 4) is 0 Å². The molecule has 0 aliphatic heterocycles. The molecular weight excluding hydrogens is 297 g/mol. The quantitative estimate of drug-likeness (QED) is 0.863. The number of para-hydroxylation sites is 1. The number of carbonyl (C=O) groups excluding carboxylic acids is 1. The van der Waals surface area contributed by atoms with Gasteiger partial charge in [-0.3, -0.25) is 4.79 Å². The van der Waals surface area contributed by atoms with E-state index in [4.69, 9.17) is 23.2 Å². The highest BCUT2D eigenvalue weighted by Gasteiger charge is 2.15. The van der Waals surface area contributed by atoms with Gasteiger partial charge in [-0.15, -0.1) is 11.6 Å². The normalized spacial score (nSPS) is 11.2. The molecule has 0 spiro atoms. The average molecular weight is 314 g/mol. The smallest absolute Gasteiger partial charge is 0.240 e. The second-order valence-corrected chi connectivity index (χ2v) is 5.67. The van der Waals surface area contributed by atoms with Crippen LogP contribution >= 0.6 is 23.2 Å². The minimum absolute atomic E-state index is 0.0462. The zero-order valence-corrected chi connectivity index (χ0v) is 13.0. The lowest BCUT2D eigenvalue weighted by Crippen LogP contribution is -2.33. The van der Waals surface area contributed by atoms with E-state index in [9.17, 15) is 4.79 Å². The summed E-state index contributed by atoms with van der Waals surface area (Å²) in [5.74, 6) is 1.18. The van der Waals surface area contributed by atoms with Crippen molar-refractivity contribution in [1.29, 1.82) is 0 Å². The third-order valence-electron chi connectivity index (χ3n) is 2.88. The number of aromatic nitrogens is 2. The number of alkyl halides is 1. The summed E-state index contributed by atoms with van der Waals surface area (Å²) < 4.78 is 1.88. The SMILES string of the molecule is CC(C)NC(=O)Cn1c(CCCl)nc2c(Cl)cccc21. The molecule has 6 heteroatoms. The van der Waals surface area contributed by atoms with Crippen molar-refractivity contribution < 1.29 is 4.79 Å². The minimum atomic E-state index is -0.0462. The van der Waals surface area contributed by atoms with Gasteiger partial charge in [-0.05, 0) is 26.0 Å². The van der Waals surface area contributed by atoms with Crippen molar-refractivity contribution in [2.45, 2.75) is 32.9 Å². The van der Waals surface area contributed by atoms with E-state index < -0.39 is 0 Å². The van der Waals surface area contributed by atoms with Crippen LogP contribution in [0.5, 0.6) is 0 Å². The number of hydrogen-bond acceptors (Lipinski definition) is 2. The lowest BCUT2D eigenvalue weighted by Gasteiger charge is -2.11. The summed E-state index contributed by atoms with van der Waals surface area (Å²) in [7, 11) is 0. The van der Waals surface area contributed by atoms with Crippen LogP contribution in [0.25, 0.3) is 11.0 Å². The molecule has 0 saturated carbocycles. The van der Waals surface area contributed by atoms with E-state index in [-0.39, 0.29) is 18.5 Å². The molecule has 2 aromatic rings. The first-order chi connectivity index (χ1) is 9.52. The summed E-state index contributed by atoms with van der Waals surface area (Å²) in [6.45, 7) is 4.09. The first kappa shape index (κ1) is 15.1. The Bertz CT molecular complexity index is 622. The highest BCUT2D eigenvalue weighted by Crippen LogP contribution is 2.24. The zero-order chi connectivity index (χ0) is 14.7. The predicted octanol–water partition coefficient (Wildman–Crippen LogP) is 3.00. The fourth-order valence-corrected chi connectivity index (χ4v) is 2.50. The second kappa shape index (κ2) is 6.46. The largest absolute Gasteiger partial charge is 0.352 e. The third-order valence-corrected chi connectivity index (χ3v) is 3.37. The molecule has 0 aliphatic carbocycles. The van der Waals surface area contributed by atoms with Crippen molar-refractivity contribution in [1.82, 2.24) is 14.9 Å². The fourth-order valence-electron chi connectivity index (χ4n) is 2.12. The Morgan fingerprint density at radius 2 is 2.20 bits per heavy atom. The van der Waals surface area contributed by atoms with E-state index in [2.05, 4.69) is 10.3 Å². The highest BCUT2D eigenvalue weighted by molar-refractivity contribution is 6.34. The molecule has 1 aromatic heterocycles. The lowest BCUT2D eigenvalue weighted by atomic mass is 10.3. The number of aryl methyl sites for hydroxylation is 1. The first-order valence-corrected chi connectivity index (χ1v) is 7.43. The van der Waals surface area contributed by atoms with Crippen molar-refractivity contribution in [2.75, 3.05) is 5.88 Å². The molecular formula is C14H17Cl2N3O. The van der Waals surface area contributed by atoms with E-state index >= 15 is 0 Å². The summed E-state index contributed by atoms with van der Waals surface area (Å²) in [5, 5.41) is 3.46. The maximum absolute atomic E-state index is 12.0. The van der Waals surface area contributed by atoms with Crippen LogP contribution in [0, 0.1) is 0 Å². The lowest BCUT2D eigenvalue weighted by molar-refractivity contribution is -0.122. The number of benzene rings is 1. The molecule has 0 radical (unpaired) electrons. The van der Waals surface area contributed by atoms with Crippen molar-refractivity contribution in [3.05, 3.63) is 29.0 Å². The van der Waals surface area contributed by atoms with Gasteiger partial charge in [0.25, 0.3) is 0 Å². The van der Waals surface area contributed by atoms with Crippen molar-refractivity contribution in [3.63, 3.8) is 0 Å². The number of nitrogens with one attached hydrogen (secondary N) is 1. The fraction of sp³-hybridized carbons (Fsp3) is 0.429. The Morgan fingerprint density at radius 1 is 1.45 bits per heavy atom. The number of imidazole rings is 1. The van der Waals surface area contributed by atoms with Gasteiger partial charge in [0.1, 0.15) is 17.9 Å². The molecule has 0 bridgehead atoms. The van der Waals surface area contributed by atoms with Crippen LogP contribution in [0.3, 0.4) is 0 Å². The number of hydrogen-bond donors (Lipinski definition) is 1. The molecule has 108 valence electrons. The maximum Gasteiger partial charge on any atom is 0.240 e. The molecule has 20 heavy (non-hydrogen) atoms. The number of rotatable bonds is 5. The van der Waals surface area contributed by atoms with Crippen molar-refractivity contribution in [2.24, 2.45) is 0 Å². The molecule has 0 unspecified atom stereocenters. The number of carbonyl (C=O) groups is 1. The van der Waals surface area contributed by atoms with Crippen LogP contribution in [0.1, 0.15) is 19.7 Å². The van der Waals surface area contributed by atoms with Gasteiger partial charge in [0.05, 0.1) is 10.5 Å². The van der Waals surface area contributed by atoms with Gasteiger partial charge in [-0.25, -0.2) is 4.98 Å². The van der Waals surface area contributed by atoms with Crippen LogP contribution in [0.15, 0.2) is 18.2 Å². The van der Waals surface area contributed by atoms with Gasteiger partial charge in [-0.1, -0.05) is 17.7 Å². The van der Waals surface area contributed by atoms with Crippen LogP contribution in [-0.2, 0) is 17.8 Å². The highest BCUT2D eigenvalue weighted by atomic mass is 35.5. The third kappa shape index (κ3) is 3.25. The molecule has 1 N–H and O–H groups in total. The summed E-state index contributed by atoms with van der Waals surface area (Å²) in [6, 6.07) is 5.67. The van der Waals surface area contributed by atoms with E-state index in [1.807, 2.05) is 30.5 Å². The molecule has 4 nitrogen and oxygen atoms in total. The van der Waals surface area contributed by atoms with Gasteiger partial charge >= 0.3 is 0 Å². The maximum atomic E-state index is 12.0. The molecule has 1 heterocycles. The Morgan fingerprint density at radius 3 is 2.85 bits per heavy atom. The summed E-state index contributed by atoms with van der Waals surface area (Å²) in [5.41, 5.74) is 1.57. The van der Waals surface area contributed by atoms with E-state index in [0.717, 1.165) is 11.3 Å². The molecule has 0 atom stereocenters. The molecule has 1 aromatic carbocycles. The second-order valence-electron chi connectivity index (χ2n) is 4.88. The number of fused-ring (bicyclic) bond motifs is 1. The average Bonchev–Trinajstić information content (AvgIpc) is 2.69. The minimum Gasteiger partial charge on any atom is -0.352 e. The Kier molecular flexibility index (Phi) is 4.89. The van der Waals surface area contributed by atoms with E-state index in [1.54, 1.807) is 6.07 Å². The molecule has 0 saturated heterocycles. The van der Waals surface area contributed by atoms with Gasteiger partial charge in [0.15, 0.2) is 0 Å². The monoisotopic (exact) mass is 313 g/mol. The number of amides is 1. The van der Waals surface area contributed by atoms with Crippen LogP contribution in [-0.4, -0.2) is 27.4 Å². The Labute approximate surface area is 128 Å². The van der Waals surface area contributed by atoms with E-state index in [1.165, 1.54) is 0 Å². The van der Waals surface area contributed by atoms with E-state index in [0.29, 0.717) is 22.8 Å². The summed E-state index contributed by atoms with van der Waals surface area (Å²) >= 11 is 12.0. The Hall–Kier alpha value is -1.26. The zero-order valence-electron chi connectivity index (χ0n) is 11.5. The summed E-state index contributed by atoms with van der Waals surface area (Å²) in [4.78, 5) is 16.5. The molecule has 0 fully saturated rings. The van der Waals surface area contributed by atoms with Gasteiger partial charge in [0, 0.05) is 18.3 Å². The standard InChI is InChI=1S/C14H17Cl2N3O/c1-9(2)17-13(20)8-19-11-5-3-4-10(16)14(11)18-12(19)6-7-15/h3-5,9H,6-8H2,1-2H3,(H,17,20). The Balaban J connectivity index is 2.41. The van der Waals surface area contributed by atoms with Crippen LogP contribution in [0.2, 0.25) is 5.02 Å². The van der Waals surface area contributed by atoms with Crippen molar-refractivity contribution >= 4 is 40.1 Å². The summed E-state index contributed by atoms with van der Waals surface area (Å²) in [6.07, 6.45) is 0.599. The molecule has 1 amide bonds. The first-order valence-electron chi connectivity index (χ1n) is 6.52. The topological polar surface area (TPSA) is 46.9 Å². The number of halogens is 2. The van der Waals surface area contributed by atoms with Gasteiger partial charge in [0.2, 0.25) is 5.91 Å². The van der Waals surface area contributed by atoms with Crippen LogP contribution in [0.4, 0.5) is 0 Å². The molecule has 2 rings (SSSR count). The number of nitrogens with zero attached hydrogens (tertiary/aromatic N) is 2.